The lowest BCUT2D eigenvalue weighted by atomic mass is 10.0. The van der Waals surface area contributed by atoms with E-state index in [1.807, 2.05) is 17.0 Å². The minimum absolute atomic E-state index is 0.291. The molecule has 0 aliphatic rings. The molecule has 0 atom stereocenters. The number of unbranched alkanes of at least 4 members (excludes halogenated alkanes) is 10. The van der Waals surface area contributed by atoms with Crippen LogP contribution in [0.2, 0.25) is 0 Å². The van der Waals surface area contributed by atoms with Crippen molar-refractivity contribution in [2.24, 2.45) is 0 Å². The van der Waals surface area contributed by atoms with Gasteiger partial charge in [-0.1, -0.05) is 71.1 Å². The van der Waals surface area contributed by atoms with Gasteiger partial charge in [-0.2, -0.15) is 0 Å². The molecule has 0 saturated carbocycles. The minimum Gasteiger partial charge on any atom is -0.748 e. The lowest BCUT2D eigenvalue weighted by Crippen LogP contribution is -2.33. The number of hydrogen-bond acceptors (Lipinski definition) is 3. The molecule has 0 aliphatic carbocycles. The molecule has 0 fully saturated rings. The Kier molecular flexibility index (Phi) is 12.6. The van der Waals surface area contributed by atoms with E-state index in [0.717, 1.165) is 6.42 Å². The van der Waals surface area contributed by atoms with Gasteiger partial charge < -0.3 is 4.55 Å². The first-order valence-electron chi connectivity index (χ1n) is 10.4. The van der Waals surface area contributed by atoms with Crippen LogP contribution in [0.4, 0.5) is 0 Å². The molecule has 0 saturated heterocycles. The Bertz CT molecular complexity index is 555. The topological polar surface area (TPSA) is 61.1 Å². The average Bonchev–Trinajstić information content (AvgIpc) is 2.60. The van der Waals surface area contributed by atoms with Gasteiger partial charge >= 0.3 is 0 Å². The summed E-state index contributed by atoms with van der Waals surface area (Å²) in [5.41, 5.74) is 1.33. The Morgan fingerprint density at radius 3 is 1.81 bits per heavy atom. The fourth-order valence-corrected chi connectivity index (χ4v) is 3.70. The summed E-state index contributed by atoms with van der Waals surface area (Å²) in [6, 6.07) is 4.20. The quantitative estimate of drug-likeness (QED) is 0.235. The van der Waals surface area contributed by atoms with Crippen molar-refractivity contribution in [1.29, 1.82) is 0 Å². The third-order valence-corrected chi connectivity index (χ3v) is 5.63. The molecule has 26 heavy (non-hydrogen) atoms. The normalized spacial score (nSPS) is 11.8. The van der Waals surface area contributed by atoms with Crippen molar-refractivity contribution in [1.82, 2.24) is 0 Å². The van der Waals surface area contributed by atoms with E-state index in [2.05, 4.69) is 19.1 Å². The molecule has 1 aromatic rings. The first-order valence-corrected chi connectivity index (χ1v) is 12.0. The number of hydrogen-bond donors (Lipinski definition) is 0. The summed E-state index contributed by atoms with van der Waals surface area (Å²) in [5, 5.41) is 0. The lowest BCUT2D eigenvalue weighted by Gasteiger charge is -2.05. The first kappa shape index (κ1) is 23.1. The van der Waals surface area contributed by atoms with Gasteiger partial charge in [-0.25, -0.2) is 13.0 Å². The van der Waals surface area contributed by atoms with Gasteiger partial charge in [-0.05, 0) is 18.4 Å². The molecule has 1 heterocycles. The monoisotopic (exact) mass is 383 g/mol. The molecule has 0 N–H and O–H groups in total. The molecule has 0 spiro atoms. The zero-order valence-corrected chi connectivity index (χ0v) is 17.3. The largest absolute Gasteiger partial charge is 0.748 e. The standard InChI is InChI=1S/C21H37NO3S/c1-2-3-4-5-6-7-8-9-10-11-12-14-21-15-18-22(19-16-21)17-13-20-26(23,24)25/h15-16,18-19H,2-14,17,20H2,1H3. The van der Waals surface area contributed by atoms with E-state index in [1.165, 1.54) is 76.2 Å². The van der Waals surface area contributed by atoms with Crippen molar-refractivity contribution < 1.29 is 17.5 Å². The summed E-state index contributed by atoms with van der Waals surface area (Å²) < 4.78 is 33.7. The lowest BCUT2D eigenvalue weighted by molar-refractivity contribution is -0.696. The molecular formula is C21H37NO3S. The Hall–Kier alpha value is -0.940. The Morgan fingerprint density at radius 1 is 0.808 bits per heavy atom. The van der Waals surface area contributed by atoms with Crippen molar-refractivity contribution in [3.8, 4) is 0 Å². The number of nitrogens with zero attached hydrogens (tertiary/aromatic N) is 1. The zero-order chi connectivity index (χ0) is 19.1. The number of pyridine rings is 1. The highest BCUT2D eigenvalue weighted by atomic mass is 32.2. The maximum atomic E-state index is 10.6. The maximum Gasteiger partial charge on any atom is 0.169 e. The highest BCUT2D eigenvalue weighted by molar-refractivity contribution is 7.85. The zero-order valence-electron chi connectivity index (χ0n) is 16.5. The summed E-state index contributed by atoms with van der Waals surface area (Å²) in [4.78, 5) is 0. The van der Waals surface area contributed by atoms with Gasteiger partial charge in [-0.15, -0.1) is 0 Å². The van der Waals surface area contributed by atoms with E-state index < -0.39 is 10.1 Å². The molecule has 4 nitrogen and oxygen atoms in total. The highest BCUT2D eigenvalue weighted by Gasteiger charge is 2.03. The Morgan fingerprint density at radius 2 is 1.31 bits per heavy atom. The van der Waals surface area contributed by atoms with Crippen LogP contribution in [0.25, 0.3) is 0 Å². The number of rotatable bonds is 16. The molecule has 0 radical (unpaired) electrons. The molecule has 150 valence electrons. The van der Waals surface area contributed by atoms with E-state index in [9.17, 15) is 13.0 Å². The van der Waals surface area contributed by atoms with Gasteiger partial charge in [0.25, 0.3) is 0 Å². The maximum absolute atomic E-state index is 10.6. The molecule has 1 aromatic heterocycles. The number of aromatic nitrogens is 1. The van der Waals surface area contributed by atoms with Crippen LogP contribution in [0.3, 0.4) is 0 Å². The van der Waals surface area contributed by atoms with Gasteiger partial charge in [0, 0.05) is 24.3 Å². The van der Waals surface area contributed by atoms with Gasteiger partial charge in [0.05, 0.1) is 10.1 Å². The minimum atomic E-state index is -4.09. The Labute approximate surface area is 160 Å². The molecule has 0 unspecified atom stereocenters. The van der Waals surface area contributed by atoms with Crippen molar-refractivity contribution in [2.45, 2.75) is 96.9 Å². The molecule has 0 aromatic carbocycles. The second-order valence-corrected chi connectivity index (χ2v) is 8.87. The molecule has 0 amide bonds. The number of aryl methyl sites for hydroxylation is 2. The van der Waals surface area contributed by atoms with Crippen LogP contribution in [0.15, 0.2) is 24.5 Å². The van der Waals surface area contributed by atoms with Crippen molar-refractivity contribution >= 4 is 10.1 Å². The van der Waals surface area contributed by atoms with Crippen molar-refractivity contribution in [3.05, 3.63) is 30.1 Å². The Balaban J connectivity index is 2.00. The first-order chi connectivity index (χ1) is 12.5. The van der Waals surface area contributed by atoms with Crippen LogP contribution in [0.1, 0.15) is 89.5 Å². The fourth-order valence-electron chi connectivity index (χ4n) is 3.22. The average molecular weight is 384 g/mol. The van der Waals surface area contributed by atoms with Gasteiger partial charge in [0.15, 0.2) is 12.4 Å². The van der Waals surface area contributed by atoms with Crippen LogP contribution in [0, 0.1) is 0 Å². The summed E-state index contributed by atoms with van der Waals surface area (Å²) >= 11 is 0. The second-order valence-electron chi connectivity index (χ2n) is 7.35. The predicted octanol–water partition coefficient (Wildman–Crippen LogP) is 4.76. The van der Waals surface area contributed by atoms with Crippen LogP contribution < -0.4 is 4.57 Å². The molecule has 1 rings (SSSR count). The molecule has 0 bridgehead atoms. The van der Waals surface area contributed by atoms with E-state index in [-0.39, 0.29) is 5.75 Å². The smallest absolute Gasteiger partial charge is 0.169 e. The summed E-state index contributed by atoms with van der Waals surface area (Å²) in [5.74, 6) is -0.291. The van der Waals surface area contributed by atoms with Crippen LogP contribution in [0.5, 0.6) is 0 Å². The van der Waals surface area contributed by atoms with Gasteiger partial charge in [0.2, 0.25) is 0 Å². The van der Waals surface area contributed by atoms with Crippen LogP contribution in [-0.2, 0) is 23.1 Å². The summed E-state index contributed by atoms with van der Waals surface area (Å²) in [7, 11) is -4.09. The summed E-state index contributed by atoms with van der Waals surface area (Å²) in [6.45, 7) is 2.83. The van der Waals surface area contributed by atoms with E-state index in [0.29, 0.717) is 13.0 Å². The molecule has 0 aliphatic heterocycles. The second kappa shape index (κ2) is 14.2. The molecule has 5 heteroatoms. The van der Waals surface area contributed by atoms with Gasteiger partial charge in [-0.3, -0.25) is 0 Å². The third-order valence-electron chi connectivity index (χ3n) is 4.84. The third kappa shape index (κ3) is 13.3. The van der Waals surface area contributed by atoms with Gasteiger partial charge in [0.1, 0.15) is 6.54 Å². The van der Waals surface area contributed by atoms with Crippen LogP contribution >= 0.6 is 0 Å². The van der Waals surface area contributed by atoms with Crippen molar-refractivity contribution in [2.75, 3.05) is 5.75 Å². The summed E-state index contributed by atoms with van der Waals surface area (Å²) in [6.07, 6.45) is 20.4. The predicted molar refractivity (Wildman–Crippen MR) is 106 cm³/mol. The van der Waals surface area contributed by atoms with E-state index in [1.54, 1.807) is 0 Å². The highest BCUT2D eigenvalue weighted by Crippen LogP contribution is 2.12. The van der Waals surface area contributed by atoms with Crippen molar-refractivity contribution in [3.63, 3.8) is 0 Å². The van der Waals surface area contributed by atoms with E-state index in [4.69, 9.17) is 0 Å². The van der Waals surface area contributed by atoms with Crippen LogP contribution in [-0.4, -0.2) is 18.7 Å². The molecular weight excluding hydrogens is 346 g/mol. The SMILES string of the molecule is CCCCCCCCCCCCCc1cc[n+](CCCS(=O)(=O)[O-])cc1. The fraction of sp³-hybridized carbons (Fsp3) is 0.762. The van der Waals surface area contributed by atoms with E-state index >= 15 is 0 Å².